The zero-order chi connectivity index (χ0) is 10.2. The van der Waals surface area contributed by atoms with Crippen LogP contribution in [0.4, 0.5) is 0 Å². The van der Waals surface area contributed by atoms with Crippen LogP contribution in [-0.2, 0) is 19.4 Å². The first kappa shape index (κ1) is 18.0. The van der Waals surface area contributed by atoms with Crippen molar-refractivity contribution >= 4 is 16.4 Å². The van der Waals surface area contributed by atoms with Crippen molar-refractivity contribution in [1.82, 2.24) is 6.15 Å². The molecule has 13 heavy (non-hydrogen) atoms. The van der Waals surface area contributed by atoms with Crippen LogP contribution in [0.25, 0.3) is 0 Å². The van der Waals surface area contributed by atoms with E-state index in [0.29, 0.717) is 0 Å². The van der Waals surface area contributed by atoms with Gasteiger partial charge in [0.25, 0.3) is 0 Å². The molecule has 0 bridgehead atoms. The fraction of sp³-hybridized carbons (Fsp3) is 0.400. The number of aliphatic carboxylic acids is 1. The molecule has 0 saturated carbocycles. The Morgan fingerprint density at radius 3 is 1.92 bits per heavy atom. The highest BCUT2D eigenvalue weighted by Gasteiger charge is 1.98. The Bertz CT molecular complexity index is 233. The minimum absolute atomic E-state index is 0. The zero-order valence-corrected chi connectivity index (χ0v) is 7.95. The molecule has 0 spiro atoms. The van der Waals surface area contributed by atoms with Crippen molar-refractivity contribution < 1.29 is 27.1 Å². The summed E-state index contributed by atoms with van der Waals surface area (Å²) in [4.78, 5) is 9.25. The van der Waals surface area contributed by atoms with Gasteiger partial charge in [-0.1, -0.05) is 6.58 Å². The Hall–Kier alpha value is -0.960. The van der Waals surface area contributed by atoms with Crippen LogP contribution in [0.15, 0.2) is 12.7 Å². The second kappa shape index (κ2) is 9.13. The lowest BCUT2D eigenvalue weighted by Crippen LogP contribution is -2.01. The van der Waals surface area contributed by atoms with Crippen LogP contribution >= 0.6 is 0 Å². The maximum Gasteiger partial charge on any atom is 0.397 e. The standard InChI is InChI=1S/C3H4O2.C2H6O4S.H3N/c1-2-3(4)5;1-2-6-7(3,4)5;/h2H,1H2,(H,4,5);2H2,1H3,(H,3,4,5);1H3. The predicted molar refractivity (Wildman–Crippen MR) is 46.0 cm³/mol. The third-order valence-electron chi connectivity index (χ3n) is 0.441. The van der Waals surface area contributed by atoms with E-state index >= 15 is 0 Å². The number of rotatable bonds is 3. The molecule has 0 fully saturated rings. The first-order chi connectivity index (χ1) is 5.33. The molecule has 0 aliphatic carbocycles. The summed E-state index contributed by atoms with van der Waals surface area (Å²) in [6.45, 7) is 4.40. The lowest BCUT2D eigenvalue weighted by molar-refractivity contribution is -0.131. The summed E-state index contributed by atoms with van der Waals surface area (Å²) in [6, 6.07) is 0. The minimum atomic E-state index is -4.17. The van der Waals surface area contributed by atoms with Crippen LogP contribution in [0.5, 0.6) is 0 Å². The molecule has 0 atom stereocenters. The molecular weight excluding hydrogens is 202 g/mol. The van der Waals surface area contributed by atoms with Crippen molar-refractivity contribution in [3.05, 3.63) is 12.7 Å². The van der Waals surface area contributed by atoms with E-state index in [0.717, 1.165) is 6.08 Å². The van der Waals surface area contributed by atoms with Crippen LogP contribution in [0, 0.1) is 0 Å². The Morgan fingerprint density at radius 1 is 1.62 bits per heavy atom. The van der Waals surface area contributed by atoms with Crippen molar-refractivity contribution in [2.24, 2.45) is 0 Å². The molecule has 0 aliphatic heterocycles. The Balaban J connectivity index is -0.000000150. The molecule has 0 radical (unpaired) electrons. The second-order valence-electron chi connectivity index (χ2n) is 1.38. The van der Waals surface area contributed by atoms with Gasteiger partial charge in [-0.2, -0.15) is 8.42 Å². The Morgan fingerprint density at radius 2 is 1.92 bits per heavy atom. The van der Waals surface area contributed by atoms with E-state index in [9.17, 15) is 13.2 Å². The Kier molecular flexibility index (Phi) is 12.6. The predicted octanol–water partition coefficient (Wildman–Crippen LogP) is 0.245. The van der Waals surface area contributed by atoms with Gasteiger partial charge in [-0.05, 0) is 6.92 Å². The normalized spacial score (nSPS) is 8.77. The highest BCUT2D eigenvalue weighted by atomic mass is 32.3. The Labute approximate surface area is 76.6 Å². The van der Waals surface area contributed by atoms with E-state index in [4.69, 9.17) is 9.66 Å². The van der Waals surface area contributed by atoms with Crippen LogP contribution in [0.2, 0.25) is 0 Å². The third kappa shape index (κ3) is 35.5. The molecular formula is C5H13NO6S. The van der Waals surface area contributed by atoms with Crippen molar-refractivity contribution in [1.29, 1.82) is 0 Å². The van der Waals surface area contributed by atoms with Crippen molar-refractivity contribution in [3.8, 4) is 0 Å². The molecule has 7 nitrogen and oxygen atoms in total. The molecule has 0 rings (SSSR count). The number of carboxylic acids is 1. The van der Waals surface area contributed by atoms with E-state index in [-0.39, 0.29) is 12.8 Å². The molecule has 0 amide bonds. The molecule has 0 aromatic carbocycles. The SMILES string of the molecule is C=CC(=O)O.CCOS(=O)(=O)O.N. The summed E-state index contributed by atoms with van der Waals surface area (Å²) in [6.07, 6.45) is 0.833. The van der Waals surface area contributed by atoms with E-state index in [2.05, 4.69) is 10.8 Å². The molecule has 0 aromatic heterocycles. The van der Waals surface area contributed by atoms with Crippen molar-refractivity contribution in [2.75, 3.05) is 6.61 Å². The molecule has 0 unspecified atom stereocenters. The highest BCUT2D eigenvalue weighted by Crippen LogP contribution is 1.81. The van der Waals surface area contributed by atoms with Gasteiger partial charge in [0.1, 0.15) is 0 Å². The summed E-state index contributed by atoms with van der Waals surface area (Å²) in [5, 5.41) is 7.60. The van der Waals surface area contributed by atoms with Gasteiger partial charge < -0.3 is 11.3 Å². The fourth-order valence-corrected chi connectivity index (χ4v) is 0.447. The van der Waals surface area contributed by atoms with Crippen LogP contribution in [0.1, 0.15) is 6.92 Å². The molecule has 0 saturated heterocycles. The maximum atomic E-state index is 9.56. The molecule has 0 aliphatic rings. The van der Waals surface area contributed by atoms with Crippen LogP contribution in [-0.4, -0.2) is 30.7 Å². The van der Waals surface area contributed by atoms with Gasteiger partial charge in [0.15, 0.2) is 0 Å². The summed E-state index contributed by atoms with van der Waals surface area (Å²) in [5.74, 6) is -0.981. The number of hydrogen-bond acceptors (Lipinski definition) is 5. The van der Waals surface area contributed by atoms with E-state index in [1.54, 1.807) is 0 Å². The molecule has 0 aromatic rings. The second-order valence-corrected chi connectivity index (χ2v) is 2.47. The maximum absolute atomic E-state index is 9.56. The van der Waals surface area contributed by atoms with Gasteiger partial charge >= 0.3 is 16.4 Å². The van der Waals surface area contributed by atoms with Crippen molar-refractivity contribution in [2.45, 2.75) is 6.92 Å². The van der Waals surface area contributed by atoms with E-state index < -0.39 is 16.4 Å². The zero-order valence-electron chi connectivity index (χ0n) is 7.13. The molecule has 8 heteroatoms. The number of carbonyl (C=O) groups is 1. The average Bonchev–Trinajstić information content (AvgIpc) is 1.86. The summed E-state index contributed by atoms with van der Waals surface area (Å²) < 4.78 is 30.7. The monoisotopic (exact) mass is 215 g/mol. The topological polar surface area (TPSA) is 136 Å². The van der Waals surface area contributed by atoms with Gasteiger partial charge in [0, 0.05) is 6.08 Å². The minimum Gasteiger partial charge on any atom is -0.478 e. The molecule has 80 valence electrons. The van der Waals surface area contributed by atoms with Crippen LogP contribution < -0.4 is 6.15 Å². The van der Waals surface area contributed by atoms with Gasteiger partial charge in [-0.15, -0.1) is 0 Å². The third-order valence-corrected chi connectivity index (χ3v) is 0.975. The van der Waals surface area contributed by atoms with Gasteiger partial charge in [0.2, 0.25) is 0 Å². The largest absolute Gasteiger partial charge is 0.478 e. The smallest absolute Gasteiger partial charge is 0.397 e. The average molecular weight is 215 g/mol. The first-order valence-corrected chi connectivity index (χ1v) is 4.17. The molecule has 5 N–H and O–H groups in total. The summed E-state index contributed by atoms with van der Waals surface area (Å²) >= 11 is 0. The lowest BCUT2D eigenvalue weighted by atomic mass is 10.7. The number of hydrogen-bond donors (Lipinski definition) is 3. The number of carboxylic acid groups (broad SMARTS) is 1. The quantitative estimate of drug-likeness (QED) is 0.453. The van der Waals surface area contributed by atoms with Crippen LogP contribution in [0.3, 0.4) is 0 Å². The highest BCUT2D eigenvalue weighted by molar-refractivity contribution is 7.80. The van der Waals surface area contributed by atoms with E-state index in [1.807, 2.05) is 0 Å². The molecule has 0 heterocycles. The first-order valence-electron chi connectivity index (χ1n) is 2.80. The fourth-order valence-electron chi connectivity index (χ4n) is 0.149. The van der Waals surface area contributed by atoms with Crippen molar-refractivity contribution in [3.63, 3.8) is 0 Å². The summed E-state index contributed by atoms with van der Waals surface area (Å²) in [7, 11) is -4.17. The summed E-state index contributed by atoms with van der Waals surface area (Å²) in [5.41, 5.74) is 0. The lowest BCUT2D eigenvalue weighted by Gasteiger charge is -1.88. The van der Waals surface area contributed by atoms with Gasteiger partial charge in [-0.25, -0.2) is 8.98 Å². The van der Waals surface area contributed by atoms with Gasteiger partial charge in [-0.3, -0.25) is 4.55 Å². The van der Waals surface area contributed by atoms with Gasteiger partial charge in [0.05, 0.1) is 6.61 Å². The van der Waals surface area contributed by atoms with E-state index in [1.165, 1.54) is 6.92 Å².